The number of aromatic nitrogens is 1. The third-order valence-corrected chi connectivity index (χ3v) is 2.91. The topological polar surface area (TPSA) is 42.1 Å². The second kappa shape index (κ2) is 5.23. The van der Waals surface area contributed by atoms with Crippen molar-refractivity contribution in [2.75, 3.05) is 6.54 Å². The van der Waals surface area contributed by atoms with E-state index >= 15 is 0 Å². The molecule has 0 spiro atoms. The smallest absolute Gasteiger partial charge is 0.0544 e. The van der Waals surface area contributed by atoms with E-state index in [1.54, 1.807) is 0 Å². The lowest BCUT2D eigenvalue weighted by atomic mass is 10.2. The quantitative estimate of drug-likeness (QED) is 0.737. The lowest BCUT2D eigenvalue weighted by molar-refractivity contribution is 0.280. The molecule has 1 aliphatic rings. The van der Waals surface area contributed by atoms with Crippen LogP contribution in [-0.4, -0.2) is 22.5 Å². The van der Waals surface area contributed by atoms with Crippen LogP contribution in [0.25, 0.3) is 0 Å². The standard InChI is InChI=1S/C13H19N3/c1-2-7-16(13-5-6-13)10-12-4-3-11(8-14)9-15-12/h2-4,9,13H,1,5-8,10,14H2. The molecule has 3 nitrogen and oxygen atoms in total. The van der Waals surface area contributed by atoms with Gasteiger partial charge in [0, 0.05) is 31.9 Å². The van der Waals surface area contributed by atoms with Gasteiger partial charge >= 0.3 is 0 Å². The molecule has 86 valence electrons. The zero-order valence-corrected chi connectivity index (χ0v) is 9.60. The lowest BCUT2D eigenvalue weighted by Crippen LogP contribution is -2.26. The third-order valence-electron chi connectivity index (χ3n) is 2.91. The maximum Gasteiger partial charge on any atom is 0.0544 e. The summed E-state index contributed by atoms with van der Waals surface area (Å²) in [5.74, 6) is 0. The summed E-state index contributed by atoms with van der Waals surface area (Å²) < 4.78 is 0. The minimum Gasteiger partial charge on any atom is -0.326 e. The summed E-state index contributed by atoms with van der Waals surface area (Å²) in [6, 6.07) is 4.87. The molecule has 0 radical (unpaired) electrons. The Balaban J connectivity index is 1.97. The van der Waals surface area contributed by atoms with Crippen LogP contribution in [0.5, 0.6) is 0 Å². The van der Waals surface area contributed by atoms with Crippen molar-refractivity contribution in [1.82, 2.24) is 9.88 Å². The normalized spacial score (nSPS) is 15.4. The van der Waals surface area contributed by atoms with E-state index in [0.29, 0.717) is 6.54 Å². The molecule has 0 atom stereocenters. The molecule has 16 heavy (non-hydrogen) atoms. The fourth-order valence-corrected chi connectivity index (χ4v) is 1.83. The van der Waals surface area contributed by atoms with Crippen LogP contribution in [0.15, 0.2) is 31.0 Å². The van der Waals surface area contributed by atoms with Gasteiger partial charge in [-0.1, -0.05) is 12.1 Å². The number of pyridine rings is 1. The molecule has 0 saturated heterocycles. The number of nitrogens with zero attached hydrogens (tertiary/aromatic N) is 2. The highest BCUT2D eigenvalue weighted by Gasteiger charge is 2.28. The fourth-order valence-electron chi connectivity index (χ4n) is 1.83. The maximum atomic E-state index is 5.54. The van der Waals surface area contributed by atoms with Gasteiger partial charge in [-0.3, -0.25) is 9.88 Å². The van der Waals surface area contributed by atoms with Crippen LogP contribution < -0.4 is 5.73 Å². The molecular weight excluding hydrogens is 198 g/mol. The number of nitrogens with two attached hydrogens (primary N) is 1. The van der Waals surface area contributed by atoms with Gasteiger partial charge in [-0.2, -0.15) is 0 Å². The van der Waals surface area contributed by atoms with Crippen LogP contribution in [0, 0.1) is 0 Å². The van der Waals surface area contributed by atoms with E-state index in [1.165, 1.54) is 12.8 Å². The molecule has 0 bridgehead atoms. The molecule has 0 amide bonds. The Kier molecular flexibility index (Phi) is 3.70. The molecule has 3 heteroatoms. The Morgan fingerprint density at radius 1 is 1.50 bits per heavy atom. The van der Waals surface area contributed by atoms with Crippen molar-refractivity contribution < 1.29 is 0 Å². The average molecular weight is 217 g/mol. The Labute approximate surface area is 97.0 Å². The first kappa shape index (κ1) is 11.3. The van der Waals surface area contributed by atoms with Crippen molar-refractivity contribution >= 4 is 0 Å². The molecule has 0 unspecified atom stereocenters. The van der Waals surface area contributed by atoms with Crippen molar-refractivity contribution in [2.24, 2.45) is 5.73 Å². The molecule has 1 aromatic heterocycles. The van der Waals surface area contributed by atoms with Crippen molar-refractivity contribution in [3.05, 3.63) is 42.2 Å². The zero-order chi connectivity index (χ0) is 11.4. The molecule has 2 rings (SSSR count). The average Bonchev–Trinajstić information content (AvgIpc) is 3.13. The van der Waals surface area contributed by atoms with Crippen LogP contribution in [0.2, 0.25) is 0 Å². The Morgan fingerprint density at radius 3 is 2.81 bits per heavy atom. The van der Waals surface area contributed by atoms with Crippen LogP contribution in [0.1, 0.15) is 24.1 Å². The summed E-state index contributed by atoms with van der Waals surface area (Å²) in [4.78, 5) is 6.85. The molecular formula is C13H19N3. The highest BCUT2D eigenvalue weighted by atomic mass is 15.2. The van der Waals surface area contributed by atoms with E-state index in [2.05, 4.69) is 28.6 Å². The lowest BCUT2D eigenvalue weighted by Gasteiger charge is -2.19. The Hall–Kier alpha value is -1.19. The monoisotopic (exact) mass is 217 g/mol. The van der Waals surface area contributed by atoms with Gasteiger partial charge in [0.1, 0.15) is 0 Å². The second-order valence-electron chi connectivity index (χ2n) is 4.31. The predicted octanol–water partition coefficient (Wildman–Crippen LogP) is 1.69. The van der Waals surface area contributed by atoms with Crippen LogP contribution in [0.3, 0.4) is 0 Å². The third kappa shape index (κ3) is 2.90. The maximum absolute atomic E-state index is 5.54. The van der Waals surface area contributed by atoms with Gasteiger partial charge in [-0.15, -0.1) is 6.58 Å². The number of hydrogen-bond donors (Lipinski definition) is 1. The summed E-state index contributed by atoms with van der Waals surface area (Å²) in [6.07, 6.45) is 6.46. The van der Waals surface area contributed by atoms with E-state index < -0.39 is 0 Å². The number of rotatable bonds is 6. The Morgan fingerprint density at radius 2 is 2.31 bits per heavy atom. The minimum atomic E-state index is 0.562. The van der Waals surface area contributed by atoms with E-state index in [9.17, 15) is 0 Å². The van der Waals surface area contributed by atoms with Gasteiger partial charge in [-0.25, -0.2) is 0 Å². The van der Waals surface area contributed by atoms with E-state index in [0.717, 1.165) is 30.4 Å². The molecule has 1 heterocycles. The minimum absolute atomic E-state index is 0.562. The van der Waals surface area contributed by atoms with E-state index in [4.69, 9.17) is 5.73 Å². The first-order valence-corrected chi connectivity index (χ1v) is 5.82. The van der Waals surface area contributed by atoms with Crippen LogP contribution in [0.4, 0.5) is 0 Å². The van der Waals surface area contributed by atoms with Crippen LogP contribution >= 0.6 is 0 Å². The van der Waals surface area contributed by atoms with Gasteiger partial charge in [-0.05, 0) is 24.5 Å². The summed E-state index contributed by atoms with van der Waals surface area (Å²) in [5, 5.41) is 0. The Bertz CT molecular complexity index is 341. The molecule has 1 aliphatic carbocycles. The summed E-state index contributed by atoms with van der Waals surface area (Å²) >= 11 is 0. The summed E-state index contributed by atoms with van der Waals surface area (Å²) in [5.41, 5.74) is 7.75. The predicted molar refractivity (Wildman–Crippen MR) is 65.8 cm³/mol. The SMILES string of the molecule is C=CCN(Cc1ccc(CN)cn1)C1CC1. The van der Waals surface area contributed by atoms with Crippen molar-refractivity contribution in [1.29, 1.82) is 0 Å². The largest absolute Gasteiger partial charge is 0.326 e. The molecule has 1 saturated carbocycles. The summed E-state index contributed by atoms with van der Waals surface area (Å²) in [6.45, 7) is 6.23. The van der Waals surface area contributed by atoms with Gasteiger partial charge in [0.2, 0.25) is 0 Å². The first-order valence-electron chi connectivity index (χ1n) is 5.82. The second-order valence-corrected chi connectivity index (χ2v) is 4.31. The van der Waals surface area contributed by atoms with Crippen molar-refractivity contribution in [3.63, 3.8) is 0 Å². The van der Waals surface area contributed by atoms with E-state index in [1.807, 2.05) is 12.3 Å². The molecule has 2 N–H and O–H groups in total. The fraction of sp³-hybridized carbons (Fsp3) is 0.462. The van der Waals surface area contributed by atoms with Gasteiger partial charge in [0.05, 0.1) is 5.69 Å². The molecule has 1 aromatic rings. The summed E-state index contributed by atoms with van der Waals surface area (Å²) in [7, 11) is 0. The van der Waals surface area contributed by atoms with Crippen molar-refractivity contribution in [3.8, 4) is 0 Å². The highest BCUT2D eigenvalue weighted by Crippen LogP contribution is 2.27. The molecule has 1 fully saturated rings. The highest BCUT2D eigenvalue weighted by molar-refractivity contribution is 5.14. The molecule has 0 aliphatic heterocycles. The number of hydrogen-bond acceptors (Lipinski definition) is 3. The van der Waals surface area contributed by atoms with Crippen molar-refractivity contribution in [2.45, 2.75) is 32.0 Å². The van der Waals surface area contributed by atoms with Gasteiger partial charge in [0.25, 0.3) is 0 Å². The zero-order valence-electron chi connectivity index (χ0n) is 9.60. The first-order chi connectivity index (χ1) is 7.83. The van der Waals surface area contributed by atoms with Gasteiger partial charge < -0.3 is 5.73 Å². The van der Waals surface area contributed by atoms with E-state index in [-0.39, 0.29) is 0 Å². The van der Waals surface area contributed by atoms with Crippen LogP contribution in [-0.2, 0) is 13.1 Å². The molecule has 0 aromatic carbocycles. The van der Waals surface area contributed by atoms with Gasteiger partial charge in [0.15, 0.2) is 0 Å².